The van der Waals surface area contributed by atoms with Crippen LogP contribution in [0.4, 0.5) is 8.78 Å². The Labute approximate surface area is 126 Å². The smallest absolute Gasteiger partial charge is 0.387 e. The third kappa shape index (κ3) is 4.05. The lowest BCUT2D eigenvalue weighted by Gasteiger charge is -2.12. The number of rotatable bonds is 6. The van der Waals surface area contributed by atoms with Gasteiger partial charge in [0, 0.05) is 12.1 Å². The van der Waals surface area contributed by atoms with Gasteiger partial charge in [-0.15, -0.1) is 0 Å². The molecule has 5 nitrogen and oxygen atoms in total. The molecule has 0 saturated heterocycles. The van der Waals surface area contributed by atoms with E-state index >= 15 is 0 Å². The van der Waals surface area contributed by atoms with Gasteiger partial charge in [-0.1, -0.05) is 17.7 Å². The van der Waals surface area contributed by atoms with Gasteiger partial charge in [0.15, 0.2) is 0 Å². The van der Waals surface area contributed by atoms with Gasteiger partial charge in [0.2, 0.25) is 0 Å². The van der Waals surface area contributed by atoms with Gasteiger partial charge in [0.25, 0.3) is 5.91 Å². The van der Waals surface area contributed by atoms with E-state index in [0.29, 0.717) is 16.9 Å². The number of benzene rings is 1. The van der Waals surface area contributed by atoms with Gasteiger partial charge in [-0.3, -0.25) is 4.79 Å². The molecule has 118 valence electrons. The van der Waals surface area contributed by atoms with Crippen LogP contribution in [0.2, 0.25) is 0 Å². The molecule has 1 amide bonds. The minimum absolute atomic E-state index is 0.0377. The third-order valence-corrected chi connectivity index (χ3v) is 2.99. The summed E-state index contributed by atoms with van der Waals surface area (Å²) in [6, 6.07) is 6.32. The number of ether oxygens (including phenoxy) is 1. The van der Waals surface area contributed by atoms with Crippen LogP contribution < -0.4 is 15.8 Å². The molecule has 0 atom stereocenters. The summed E-state index contributed by atoms with van der Waals surface area (Å²) in [6.07, 6.45) is 1.30. The summed E-state index contributed by atoms with van der Waals surface area (Å²) < 4.78 is 34.3. The van der Waals surface area contributed by atoms with Crippen LogP contribution in [-0.2, 0) is 13.1 Å². The summed E-state index contributed by atoms with van der Waals surface area (Å²) in [6.45, 7) is -0.845. The molecule has 1 aromatic heterocycles. The highest BCUT2D eigenvalue weighted by molar-refractivity contribution is 5.93. The normalized spacial score (nSPS) is 10.8. The number of hydrogen-bond acceptors (Lipinski definition) is 4. The Morgan fingerprint density at radius 2 is 2.18 bits per heavy atom. The molecular weight excluding hydrogens is 294 g/mol. The van der Waals surface area contributed by atoms with E-state index in [1.165, 1.54) is 18.4 Å². The number of aryl methyl sites for hydroxylation is 1. The highest BCUT2D eigenvalue weighted by atomic mass is 19.3. The molecule has 2 rings (SSSR count). The first-order valence-corrected chi connectivity index (χ1v) is 6.59. The predicted molar refractivity (Wildman–Crippen MR) is 75.6 cm³/mol. The molecule has 1 aromatic carbocycles. The van der Waals surface area contributed by atoms with Crippen molar-refractivity contribution in [2.45, 2.75) is 26.6 Å². The lowest BCUT2D eigenvalue weighted by Crippen LogP contribution is -2.23. The fourth-order valence-corrected chi connectivity index (χ4v) is 1.94. The van der Waals surface area contributed by atoms with E-state index in [9.17, 15) is 13.6 Å². The molecule has 1 heterocycles. The molecule has 0 aliphatic carbocycles. The summed E-state index contributed by atoms with van der Waals surface area (Å²) in [5.74, 6) is 0.145. The molecule has 0 unspecified atom stereocenters. The van der Waals surface area contributed by atoms with Gasteiger partial charge in [-0.25, -0.2) is 0 Å². The highest BCUT2D eigenvalue weighted by Crippen LogP contribution is 2.22. The first kappa shape index (κ1) is 16.0. The van der Waals surface area contributed by atoms with Crippen LogP contribution in [0.25, 0.3) is 0 Å². The Hall–Kier alpha value is -2.41. The molecule has 7 heteroatoms. The number of amides is 1. The van der Waals surface area contributed by atoms with E-state index in [0.717, 1.165) is 5.56 Å². The monoisotopic (exact) mass is 310 g/mol. The summed E-state index contributed by atoms with van der Waals surface area (Å²) in [5.41, 5.74) is 7.07. The highest BCUT2D eigenvalue weighted by Gasteiger charge is 2.13. The van der Waals surface area contributed by atoms with Crippen LogP contribution in [0.5, 0.6) is 5.75 Å². The van der Waals surface area contributed by atoms with Crippen molar-refractivity contribution >= 4 is 5.91 Å². The summed E-state index contributed by atoms with van der Waals surface area (Å²) in [4.78, 5) is 12.0. The minimum atomic E-state index is -2.92. The molecule has 3 N–H and O–H groups in total. The fraction of sp³-hybridized carbons (Fsp3) is 0.267. The molecule has 0 aliphatic rings. The van der Waals surface area contributed by atoms with Crippen molar-refractivity contribution in [3.63, 3.8) is 0 Å². The van der Waals surface area contributed by atoms with Crippen LogP contribution in [0.3, 0.4) is 0 Å². The number of carbonyl (C=O) groups is 1. The van der Waals surface area contributed by atoms with E-state index in [-0.39, 0.29) is 24.7 Å². The van der Waals surface area contributed by atoms with E-state index in [4.69, 9.17) is 10.2 Å². The molecule has 0 spiro atoms. The van der Waals surface area contributed by atoms with Gasteiger partial charge in [0.1, 0.15) is 17.8 Å². The van der Waals surface area contributed by atoms with Gasteiger partial charge < -0.3 is 20.2 Å². The molecular formula is C15H16F2N2O3. The molecule has 0 radical (unpaired) electrons. The second-order valence-corrected chi connectivity index (χ2v) is 4.68. The summed E-state index contributed by atoms with van der Waals surface area (Å²) in [7, 11) is 0. The van der Waals surface area contributed by atoms with Crippen LogP contribution in [0, 0.1) is 6.92 Å². The third-order valence-electron chi connectivity index (χ3n) is 2.99. The molecule has 2 aromatic rings. The number of carbonyl (C=O) groups excluding carboxylic acids is 1. The SMILES string of the molecule is Cc1ccc(OC(F)F)c(CNC(=O)c2coc(CN)c2)c1. The number of alkyl halides is 2. The van der Waals surface area contributed by atoms with E-state index in [1.54, 1.807) is 12.1 Å². The van der Waals surface area contributed by atoms with Crippen molar-refractivity contribution in [3.05, 3.63) is 53.0 Å². The number of hydrogen-bond donors (Lipinski definition) is 2. The average Bonchev–Trinajstić information content (AvgIpc) is 2.95. The summed E-state index contributed by atoms with van der Waals surface area (Å²) >= 11 is 0. The summed E-state index contributed by atoms with van der Waals surface area (Å²) in [5, 5.41) is 2.63. The standard InChI is InChI=1S/C15H16F2N2O3/c1-9-2-3-13(22-15(16)17)10(4-9)7-19-14(20)11-5-12(6-18)21-8-11/h2-5,8,15H,6-7,18H2,1H3,(H,19,20). The number of nitrogens with one attached hydrogen (secondary N) is 1. The topological polar surface area (TPSA) is 77.5 Å². The minimum Gasteiger partial charge on any atom is -0.467 e. The van der Waals surface area contributed by atoms with Crippen molar-refractivity contribution in [3.8, 4) is 5.75 Å². The van der Waals surface area contributed by atoms with Gasteiger partial charge in [0.05, 0.1) is 12.1 Å². The van der Waals surface area contributed by atoms with E-state index in [1.807, 2.05) is 6.92 Å². The maximum Gasteiger partial charge on any atom is 0.387 e. The molecule has 0 aliphatic heterocycles. The second-order valence-electron chi connectivity index (χ2n) is 4.68. The van der Waals surface area contributed by atoms with E-state index in [2.05, 4.69) is 10.1 Å². The van der Waals surface area contributed by atoms with Crippen LogP contribution >= 0.6 is 0 Å². The zero-order chi connectivity index (χ0) is 16.1. The largest absolute Gasteiger partial charge is 0.467 e. The lowest BCUT2D eigenvalue weighted by atomic mass is 10.1. The zero-order valence-electron chi connectivity index (χ0n) is 11.9. The van der Waals surface area contributed by atoms with Crippen LogP contribution in [0.15, 0.2) is 34.9 Å². The Balaban J connectivity index is 2.06. The number of furan rings is 1. The van der Waals surface area contributed by atoms with Crippen molar-refractivity contribution in [1.29, 1.82) is 0 Å². The number of halogens is 2. The Morgan fingerprint density at radius 3 is 2.82 bits per heavy atom. The fourth-order valence-electron chi connectivity index (χ4n) is 1.94. The van der Waals surface area contributed by atoms with Crippen molar-refractivity contribution < 1.29 is 22.7 Å². The van der Waals surface area contributed by atoms with Crippen molar-refractivity contribution in [2.75, 3.05) is 0 Å². The first-order chi connectivity index (χ1) is 10.5. The first-order valence-electron chi connectivity index (χ1n) is 6.59. The number of nitrogens with two attached hydrogens (primary N) is 1. The molecule has 22 heavy (non-hydrogen) atoms. The van der Waals surface area contributed by atoms with Gasteiger partial charge in [-0.2, -0.15) is 8.78 Å². The average molecular weight is 310 g/mol. The van der Waals surface area contributed by atoms with Crippen LogP contribution in [0.1, 0.15) is 27.2 Å². The van der Waals surface area contributed by atoms with Crippen LogP contribution in [-0.4, -0.2) is 12.5 Å². The lowest BCUT2D eigenvalue weighted by molar-refractivity contribution is -0.0504. The second kappa shape index (κ2) is 7.04. The van der Waals surface area contributed by atoms with Gasteiger partial charge in [-0.05, 0) is 19.1 Å². The van der Waals surface area contributed by atoms with E-state index < -0.39 is 6.61 Å². The maximum atomic E-state index is 12.4. The predicted octanol–water partition coefficient (Wildman–Crippen LogP) is 2.58. The quantitative estimate of drug-likeness (QED) is 0.859. The van der Waals surface area contributed by atoms with Gasteiger partial charge >= 0.3 is 6.61 Å². The Kier molecular flexibility index (Phi) is 5.11. The molecule has 0 fully saturated rings. The maximum absolute atomic E-state index is 12.4. The zero-order valence-corrected chi connectivity index (χ0v) is 11.9. The Bertz CT molecular complexity index is 656. The van der Waals surface area contributed by atoms with Crippen molar-refractivity contribution in [1.82, 2.24) is 5.32 Å². The molecule has 0 bridgehead atoms. The Morgan fingerprint density at radius 1 is 1.41 bits per heavy atom. The van der Waals surface area contributed by atoms with Crippen molar-refractivity contribution in [2.24, 2.45) is 5.73 Å². The molecule has 0 saturated carbocycles.